The Morgan fingerprint density at radius 2 is 1.52 bits per heavy atom. The first-order valence-electron chi connectivity index (χ1n) is 5.59. The lowest BCUT2D eigenvalue weighted by Gasteiger charge is -2.20. The predicted octanol–water partition coefficient (Wildman–Crippen LogP) is 3.09. The molecule has 0 aromatic heterocycles. The van der Waals surface area contributed by atoms with Crippen LogP contribution < -0.4 is 0 Å². The van der Waals surface area contributed by atoms with Crippen LogP contribution in [-0.2, 0) is 14.6 Å². The molecular formula is C9H10F8O4S2. The molecule has 0 saturated heterocycles. The van der Waals surface area contributed by atoms with E-state index < -0.39 is 74.8 Å². The number of hydrogen-bond donors (Lipinski definition) is 1. The van der Waals surface area contributed by atoms with Crippen molar-refractivity contribution in [2.45, 2.75) is 35.7 Å². The van der Waals surface area contributed by atoms with Crippen molar-refractivity contribution in [3.05, 3.63) is 0 Å². The van der Waals surface area contributed by atoms with E-state index in [0.717, 1.165) is 0 Å². The van der Waals surface area contributed by atoms with Gasteiger partial charge >= 0.3 is 23.6 Å². The summed E-state index contributed by atoms with van der Waals surface area (Å²) < 4.78 is 120. The van der Waals surface area contributed by atoms with E-state index in [4.69, 9.17) is 5.11 Å². The van der Waals surface area contributed by atoms with Crippen LogP contribution >= 0.6 is 11.8 Å². The van der Waals surface area contributed by atoms with Crippen LogP contribution in [0, 0.1) is 0 Å². The summed E-state index contributed by atoms with van der Waals surface area (Å²) in [6.07, 6.45) is -9.32. The average Bonchev–Trinajstić information content (AvgIpc) is 2.29. The van der Waals surface area contributed by atoms with Crippen molar-refractivity contribution in [1.82, 2.24) is 0 Å². The van der Waals surface area contributed by atoms with Gasteiger partial charge in [-0.15, -0.1) is 0 Å². The molecule has 0 radical (unpaired) electrons. The van der Waals surface area contributed by atoms with E-state index in [1.165, 1.54) is 0 Å². The first-order valence-corrected chi connectivity index (χ1v) is 8.29. The van der Waals surface area contributed by atoms with Gasteiger partial charge < -0.3 is 5.11 Å². The van der Waals surface area contributed by atoms with E-state index in [1.807, 2.05) is 0 Å². The van der Waals surface area contributed by atoms with Crippen molar-refractivity contribution >= 4 is 27.6 Å². The molecule has 1 unspecified atom stereocenters. The molecule has 14 heteroatoms. The Morgan fingerprint density at radius 1 is 1.04 bits per heavy atom. The molecule has 0 bridgehead atoms. The predicted molar refractivity (Wildman–Crippen MR) is 64.0 cm³/mol. The van der Waals surface area contributed by atoms with Crippen LogP contribution in [0.4, 0.5) is 35.1 Å². The van der Waals surface area contributed by atoms with Crippen molar-refractivity contribution in [3.63, 3.8) is 0 Å². The fourth-order valence-electron chi connectivity index (χ4n) is 1.29. The van der Waals surface area contributed by atoms with Gasteiger partial charge in [-0.3, -0.25) is 4.79 Å². The average molecular weight is 398 g/mol. The number of hydrogen-bond acceptors (Lipinski definition) is 4. The zero-order chi connectivity index (χ0) is 18.7. The van der Waals surface area contributed by atoms with E-state index in [1.54, 1.807) is 0 Å². The van der Waals surface area contributed by atoms with E-state index in [-0.39, 0.29) is 0 Å². The molecule has 0 aliphatic rings. The minimum Gasteiger partial charge on any atom is -0.480 e. The van der Waals surface area contributed by atoms with Crippen LogP contribution in [-0.4, -0.2) is 53.9 Å². The van der Waals surface area contributed by atoms with Crippen LogP contribution in [0.5, 0.6) is 0 Å². The summed E-state index contributed by atoms with van der Waals surface area (Å²) in [5.74, 6) is -10.3. The zero-order valence-electron chi connectivity index (χ0n) is 10.9. The number of rotatable bonds is 8. The second-order valence-electron chi connectivity index (χ2n) is 4.23. The van der Waals surface area contributed by atoms with Gasteiger partial charge in [0.05, 0.1) is 5.75 Å². The van der Waals surface area contributed by atoms with Gasteiger partial charge in [-0.2, -0.15) is 35.1 Å². The number of alkyl halides is 8. The van der Waals surface area contributed by atoms with E-state index >= 15 is 0 Å². The number of thioether (sulfide) groups is 1. The minimum absolute atomic E-state index is 0.733. The molecule has 4 nitrogen and oxygen atoms in total. The Hall–Kier alpha value is -0.790. The van der Waals surface area contributed by atoms with E-state index in [0.29, 0.717) is 0 Å². The van der Waals surface area contributed by atoms with Crippen LogP contribution in [0.2, 0.25) is 0 Å². The number of aliphatic carboxylic acids is 1. The maximum Gasteiger partial charge on any atom is 0.453 e. The summed E-state index contributed by atoms with van der Waals surface area (Å²) in [5.41, 5.74) is -4.77. The van der Waals surface area contributed by atoms with Crippen molar-refractivity contribution in [1.29, 1.82) is 0 Å². The minimum atomic E-state index is -6.02. The summed E-state index contributed by atoms with van der Waals surface area (Å²) in [7, 11) is -4.99. The first kappa shape index (κ1) is 22.2. The largest absolute Gasteiger partial charge is 0.480 e. The summed E-state index contributed by atoms with van der Waals surface area (Å²) in [6, 6.07) is 0. The third-order valence-electron chi connectivity index (χ3n) is 2.47. The molecule has 1 atom stereocenters. The maximum absolute atomic E-state index is 12.6. The standard InChI is InChI=1S/C9H10F8O4S2/c10-7(11,8(12,13)14)2-4-23(20,21)5(6(18)19)1-3-22-9(15,16)17/h5H,1-4H2,(H,18,19). The topological polar surface area (TPSA) is 71.4 Å². The molecule has 138 valence electrons. The van der Waals surface area contributed by atoms with Crippen molar-refractivity contribution in [3.8, 4) is 0 Å². The highest BCUT2D eigenvalue weighted by atomic mass is 32.2. The zero-order valence-corrected chi connectivity index (χ0v) is 12.6. The number of sulfone groups is 1. The fourth-order valence-corrected chi connectivity index (χ4v) is 3.64. The van der Waals surface area contributed by atoms with Crippen LogP contribution in [0.15, 0.2) is 0 Å². The molecule has 0 rings (SSSR count). The molecule has 0 aliphatic carbocycles. The molecule has 0 saturated carbocycles. The van der Waals surface area contributed by atoms with E-state index in [9.17, 15) is 48.3 Å². The van der Waals surface area contributed by atoms with Gasteiger partial charge in [-0.05, 0) is 6.42 Å². The van der Waals surface area contributed by atoms with Gasteiger partial charge in [0.1, 0.15) is 0 Å². The van der Waals surface area contributed by atoms with Crippen LogP contribution in [0.3, 0.4) is 0 Å². The fraction of sp³-hybridized carbons (Fsp3) is 0.889. The quantitative estimate of drug-likeness (QED) is 0.637. The molecule has 0 spiro atoms. The van der Waals surface area contributed by atoms with Crippen LogP contribution in [0.1, 0.15) is 12.8 Å². The van der Waals surface area contributed by atoms with Gasteiger partial charge in [-0.1, -0.05) is 11.8 Å². The highest BCUT2D eigenvalue weighted by Crippen LogP contribution is 2.38. The van der Waals surface area contributed by atoms with Crippen LogP contribution in [0.25, 0.3) is 0 Å². The van der Waals surface area contributed by atoms with Gasteiger partial charge in [0, 0.05) is 12.2 Å². The summed E-state index contributed by atoms with van der Waals surface area (Å²) in [4.78, 5) is 10.7. The Balaban J connectivity index is 4.94. The lowest BCUT2D eigenvalue weighted by Crippen LogP contribution is -2.40. The highest BCUT2D eigenvalue weighted by Gasteiger charge is 2.57. The van der Waals surface area contributed by atoms with E-state index in [2.05, 4.69) is 0 Å². The SMILES string of the molecule is O=C(O)C(CCSC(F)(F)F)S(=O)(=O)CCC(F)(F)C(F)(F)F. The second-order valence-corrected chi connectivity index (χ2v) is 7.69. The Bertz CT molecular complexity index is 511. The first-order chi connectivity index (χ1) is 10.00. The molecule has 0 fully saturated rings. The lowest BCUT2D eigenvalue weighted by atomic mass is 10.2. The molecular weight excluding hydrogens is 388 g/mol. The summed E-state index contributed by atoms with van der Waals surface area (Å²) in [6.45, 7) is 0. The third kappa shape index (κ3) is 7.54. The number of carboxylic acids is 1. The Kier molecular flexibility index (Phi) is 7.15. The van der Waals surface area contributed by atoms with Crippen molar-refractivity contribution < 1.29 is 53.4 Å². The molecule has 0 heterocycles. The lowest BCUT2D eigenvalue weighted by molar-refractivity contribution is -0.282. The molecule has 0 aliphatic heterocycles. The van der Waals surface area contributed by atoms with Gasteiger partial charge in [0.2, 0.25) is 0 Å². The Labute approximate surface area is 129 Å². The highest BCUT2D eigenvalue weighted by molar-refractivity contribution is 8.00. The smallest absolute Gasteiger partial charge is 0.453 e. The third-order valence-corrected chi connectivity index (χ3v) is 5.31. The summed E-state index contributed by atoms with van der Waals surface area (Å²) >= 11 is -0.733. The Morgan fingerprint density at radius 3 is 1.87 bits per heavy atom. The normalized spacial score (nSPS) is 15.5. The molecule has 0 amide bonds. The number of carboxylic acid groups (broad SMARTS) is 1. The molecule has 0 aromatic carbocycles. The summed E-state index contributed by atoms with van der Waals surface area (Å²) in [5, 5.41) is 6.15. The van der Waals surface area contributed by atoms with Gasteiger partial charge in [0.15, 0.2) is 15.1 Å². The molecule has 1 N–H and O–H groups in total. The maximum atomic E-state index is 12.6. The monoisotopic (exact) mass is 398 g/mol. The molecule has 0 aromatic rings. The second kappa shape index (κ2) is 7.40. The molecule has 23 heavy (non-hydrogen) atoms. The number of halogens is 8. The van der Waals surface area contributed by atoms with Crippen molar-refractivity contribution in [2.24, 2.45) is 0 Å². The van der Waals surface area contributed by atoms with Gasteiger partial charge in [-0.25, -0.2) is 8.42 Å². The van der Waals surface area contributed by atoms with Crippen molar-refractivity contribution in [2.75, 3.05) is 11.5 Å². The van der Waals surface area contributed by atoms with Gasteiger partial charge in [0.25, 0.3) is 0 Å². The number of carbonyl (C=O) groups is 1.